The zero-order valence-electron chi connectivity index (χ0n) is 16.0. The van der Waals surface area contributed by atoms with Crippen LogP contribution >= 0.6 is 0 Å². The minimum absolute atomic E-state index is 0.0547. The molecule has 4 aromatic rings. The summed E-state index contributed by atoms with van der Waals surface area (Å²) in [6.45, 7) is -3.11. The molecule has 0 atom stereocenters. The number of rotatable bonds is 6. The molecule has 0 aliphatic heterocycles. The lowest BCUT2D eigenvalue weighted by Gasteiger charge is -2.11. The van der Waals surface area contributed by atoms with Crippen LogP contribution in [-0.2, 0) is 0 Å². The number of alkyl halides is 4. The number of benzene rings is 2. The molecule has 0 aliphatic rings. The summed E-state index contributed by atoms with van der Waals surface area (Å²) in [5, 5.41) is 6.22. The van der Waals surface area contributed by atoms with E-state index in [0.717, 1.165) is 28.9 Å². The van der Waals surface area contributed by atoms with Gasteiger partial charge in [-0.1, -0.05) is 12.1 Å². The fourth-order valence-corrected chi connectivity index (χ4v) is 3.03. The minimum atomic E-state index is -3.11. The molecule has 11 heteroatoms. The summed E-state index contributed by atoms with van der Waals surface area (Å²) >= 11 is 0. The first-order chi connectivity index (χ1) is 15.3. The predicted octanol–water partition coefficient (Wildman–Crippen LogP) is 5.33. The van der Waals surface area contributed by atoms with Gasteiger partial charge < -0.3 is 10.1 Å². The SMILES string of the molecule is O=C(Nc1ccccc1OC(F)F)c1cnn2c(C(F)F)cc(-c3ccc(F)cc3)nc12. The maximum Gasteiger partial charge on any atom is 0.387 e. The molecule has 2 heterocycles. The van der Waals surface area contributed by atoms with Gasteiger partial charge in [-0.25, -0.2) is 22.7 Å². The molecule has 164 valence electrons. The van der Waals surface area contributed by atoms with Gasteiger partial charge in [-0.3, -0.25) is 4.79 Å². The van der Waals surface area contributed by atoms with Crippen molar-refractivity contribution < 1.29 is 31.5 Å². The summed E-state index contributed by atoms with van der Waals surface area (Å²) < 4.78 is 71.0. The number of carbonyl (C=O) groups is 1. The molecule has 0 fully saturated rings. The number of para-hydroxylation sites is 2. The van der Waals surface area contributed by atoms with E-state index in [1.807, 2.05) is 0 Å². The second-order valence-electron chi connectivity index (χ2n) is 6.50. The van der Waals surface area contributed by atoms with Crippen molar-refractivity contribution in [2.24, 2.45) is 0 Å². The van der Waals surface area contributed by atoms with Crippen molar-refractivity contribution in [2.75, 3.05) is 5.32 Å². The van der Waals surface area contributed by atoms with Crippen molar-refractivity contribution in [3.63, 3.8) is 0 Å². The number of fused-ring (bicyclic) bond motifs is 1. The number of hydrogen-bond acceptors (Lipinski definition) is 4. The normalized spacial score (nSPS) is 11.3. The monoisotopic (exact) mass is 448 g/mol. The summed E-state index contributed by atoms with van der Waals surface area (Å²) in [5.74, 6) is -1.62. The summed E-state index contributed by atoms with van der Waals surface area (Å²) in [6.07, 6.45) is -1.91. The molecule has 0 spiro atoms. The van der Waals surface area contributed by atoms with Crippen molar-refractivity contribution in [3.8, 4) is 17.0 Å². The zero-order valence-corrected chi connectivity index (χ0v) is 16.0. The number of ether oxygens (including phenoxy) is 1. The van der Waals surface area contributed by atoms with Crippen LogP contribution in [0.2, 0.25) is 0 Å². The average molecular weight is 448 g/mol. The van der Waals surface area contributed by atoms with E-state index in [1.54, 1.807) is 0 Å². The largest absolute Gasteiger partial charge is 0.433 e. The Morgan fingerprint density at radius 1 is 1.03 bits per heavy atom. The summed E-state index contributed by atoms with van der Waals surface area (Å²) in [4.78, 5) is 17.1. The van der Waals surface area contributed by atoms with Gasteiger partial charge in [-0.2, -0.15) is 13.9 Å². The van der Waals surface area contributed by atoms with E-state index < -0.39 is 30.5 Å². The smallest absolute Gasteiger partial charge is 0.387 e. The van der Waals surface area contributed by atoms with Crippen molar-refractivity contribution in [2.45, 2.75) is 13.0 Å². The standard InChI is InChI=1S/C21H13F5N4O2/c22-12-7-5-11(6-8-12)15-9-16(18(23)24)30-19(28-15)13(10-27-30)20(31)29-14-3-1-2-4-17(14)32-21(25)26/h1-10,18,21H,(H,29,31). The molecule has 0 bridgehead atoms. The van der Waals surface area contributed by atoms with Crippen LogP contribution in [0.15, 0.2) is 60.8 Å². The van der Waals surface area contributed by atoms with E-state index in [4.69, 9.17) is 0 Å². The minimum Gasteiger partial charge on any atom is -0.433 e. The van der Waals surface area contributed by atoms with Crippen LogP contribution in [0.3, 0.4) is 0 Å². The Hall–Kier alpha value is -4.02. The highest BCUT2D eigenvalue weighted by molar-refractivity contribution is 6.08. The highest BCUT2D eigenvalue weighted by Crippen LogP contribution is 2.29. The van der Waals surface area contributed by atoms with Crippen LogP contribution in [-0.4, -0.2) is 27.1 Å². The maximum atomic E-state index is 13.7. The third-order valence-corrected chi connectivity index (χ3v) is 4.46. The number of nitrogens with zero attached hydrogens (tertiary/aromatic N) is 3. The average Bonchev–Trinajstić information content (AvgIpc) is 3.18. The first-order valence-electron chi connectivity index (χ1n) is 9.11. The van der Waals surface area contributed by atoms with Gasteiger partial charge in [0.1, 0.15) is 22.8 Å². The number of nitrogens with one attached hydrogen (secondary N) is 1. The molecule has 6 nitrogen and oxygen atoms in total. The molecule has 2 aromatic carbocycles. The lowest BCUT2D eigenvalue weighted by molar-refractivity contribution is -0.0493. The molecular weight excluding hydrogens is 435 g/mol. The quantitative estimate of drug-likeness (QED) is 0.405. The Morgan fingerprint density at radius 3 is 2.44 bits per heavy atom. The summed E-state index contributed by atoms with van der Waals surface area (Å²) in [6, 6.07) is 11.6. The topological polar surface area (TPSA) is 68.5 Å². The van der Waals surface area contributed by atoms with Gasteiger partial charge in [0.25, 0.3) is 12.3 Å². The fraction of sp³-hybridized carbons (Fsp3) is 0.0952. The Balaban J connectivity index is 1.77. The van der Waals surface area contributed by atoms with Crippen LogP contribution < -0.4 is 10.1 Å². The van der Waals surface area contributed by atoms with E-state index in [2.05, 4.69) is 20.1 Å². The third kappa shape index (κ3) is 4.22. The summed E-state index contributed by atoms with van der Waals surface area (Å²) in [7, 11) is 0. The first kappa shape index (κ1) is 21.2. The third-order valence-electron chi connectivity index (χ3n) is 4.46. The van der Waals surface area contributed by atoms with Gasteiger partial charge in [0.2, 0.25) is 0 Å². The van der Waals surface area contributed by atoms with Crippen LogP contribution in [0.1, 0.15) is 22.5 Å². The highest BCUT2D eigenvalue weighted by Gasteiger charge is 2.22. The number of aromatic nitrogens is 3. The number of amides is 1. The predicted molar refractivity (Wildman–Crippen MR) is 104 cm³/mol. The molecule has 0 aliphatic carbocycles. The lowest BCUT2D eigenvalue weighted by atomic mass is 10.1. The number of anilines is 1. The molecule has 1 N–H and O–H groups in total. The van der Waals surface area contributed by atoms with Crippen molar-refractivity contribution in [3.05, 3.63) is 77.9 Å². The maximum absolute atomic E-state index is 13.7. The molecule has 2 aromatic heterocycles. The van der Waals surface area contributed by atoms with E-state index in [9.17, 15) is 26.7 Å². The Bertz CT molecular complexity index is 1280. The van der Waals surface area contributed by atoms with Crippen molar-refractivity contribution >= 4 is 17.2 Å². The molecule has 0 saturated carbocycles. The molecular formula is C21H13F5N4O2. The van der Waals surface area contributed by atoms with Crippen LogP contribution in [0.5, 0.6) is 5.75 Å². The van der Waals surface area contributed by atoms with Crippen molar-refractivity contribution in [1.29, 1.82) is 0 Å². The second kappa shape index (κ2) is 8.61. The van der Waals surface area contributed by atoms with Crippen LogP contribution in [0, 0.1) is 5.82 Å². The lowest BCUT2D eigenvalue weighted by Crippen LogP contribution is -2.14. The second-order valence-corrected chi connectivity index (χ2v) is 6.50. The van der Waals surface area contributed by atoms with Gasteiger partial charge in [-0.05, 0) is 42.5 Å². The number of halogens is 5. The molecule has 0 radical (unpaired) electrons. The molecule has 4 rings (SSSR count). The zero-order chi connectivity index (χ0) is 22.8. The van der Waals surface area contributed by atoms with Gasteiger partial charge in [0, 0.05) is 5.56 Å². The molecule has 0 saturated heterocycles. The Labute approximate surface area is 177 Å². The molecule has 0 unspecified atom stereocenters. The number of carbonyl (C=O) groups excluding carboxylic acids is 1. The van der Waals surface area contributed by atoms with Gasteiger partial charge in [-0.15, -0.1) is 0 Å². The summed E-state index contributed by atoms with van der Waals surface area (Å²) in [5.41, 5.74) is -0.534. The Morgan fingerprint density at radius 2 is 1.75 bits per heavy atom. The van der Waals surface area contributed by atoms with Crippen LogP contribution in [0.4, 0.5) is 27.6 Å². The van der Waals surface area contributed by atoms with Gasteiger partial charge >= 0.3 is 6.61 Å². The van der Waals surface area contributed by atoms with E-state index in [0.29, 0.717) is 5.56 Å². The van der Waals surface area contributed by atoms with Gasteiger partial charge in [0.15, 0.2) is 5.65 Å². The van der Waals surface area contributed by atoms with Gasteiger partial charge in [0.05, 0.1) is 17.6 Å². The Kier molecular flexibility index (Phi) is 5.71. The molecule has 32 heavy (non-hydrogen) atoms. The van der Waals surface area contributed by atoms with E-state index in [1.165, 1.54) is 36.4 Å². The first-order valence-corrected chi connectivity index (χ1v) is 9.11. The van der Waals surface area contributed by atoms with Crippen LogP contribution in [0.25, 0.3) is 16.9 Å². The number of hydrogen-bond donors (Lipinski definition) is 1. The fourth-order valence-electron chi connectivity index (χ4n) is 3.03. The van der Waals surface area contributed by atoms with Crippen molar-refractivity contribution in [1.82, 2.24) is 14.6 Å². The van der Waals surface area contributed by atoms with E-state index >= 15 is 0 Å². The highest BCUT2D eigenvalue weighted by atomic mass is 19.3. The van der Waals surface area contributed by atoms with E-state index in [-0.39, 0.29) is 28.3 Å². The molecule has 1 amide bonds.